The summed E-state index contributed by atoms with van der Waals surface area (Å²) < 4.78 is 0. The van der Waals surface area contributed by atoms with Crippen molar-refractivity contribution in [3.8, 4) is 0 Å². The predicted octanol–water partition coefficient (Wildman–Crippen LogP) is 4.07. The minimum absolute atomic E-state index is 0.153. The van der Waals surface area contributed by atoms with Gasteiger partial charge in [-0.2, -0.15) is 0 Å². The summed E-state index contributed by atoms with van der Waals surface area (Å²) in [5.41, 5.74) is 8.01. The number of rotatable bonds is 2. The predicted molar refractivity (Wildman–Crippen MR) is 71.5 cm³/mol. The Kier molecular flexibility index (Phi) is 3.98. The van der Waals surface area contributed by atoms with Gasteiger partial charge in [0.15, 0.2) is 0 Å². The largest absolute Gasteiger partial charge is 0.387 e. The number of benzene rings is 1. The molecule has 2 nitrogen and oxygen atoms in total. The lowest BCUT2D eigenvalue weighted by molar-refractivity contribution is 0.432. The molecule has 0 spiro atoms. The second-order valence-electron chi connectivity index (χ2n) is 5.27. The van der Waals surface area contributed by atoms with Crippen molar-refractivity contribution in [3.05, 3.63) is 28.8 Å². The number of hydrogen-bond donors (Lipinski definition) is 1. The molecular weight excluding hydrogens is 220 g/mol. The third-order valence-corrected chi connectivity index (χ3v) is 2.38. The zero-order valence-electron chi connectivity index (χ0n) is 10.3. The number of aryl methyl sites for hydroxylation is 1. The molecule has 0 radical (unpaired) electrons. The molecule has 0 aliphatic heterocycles. The average molecular weight is 239 g/mol. The number of hydrogen-bond acceptors (Lipinski definition) is 1. The summed E-state index contributed by atoms with van der Waals surface area (Å²) in [5.74, 6) is 0.651. The summed E-state index contributed by atoms with van der Waals surface area (Å²) in [6, 6.07) is 5.65. The Bertz CT molecular complexity index is 403. The van der Waals surface area contributed by atoms with E-state index in [9.17, 15) is 0 Å². The number of aliphatic imine (C=N–C) groups is 1. The van der Waals surface area contributed by atoms with Crippen LogP contribution in [-0.2, 0) is 0 Å². The van der Waals surface area contributed by atoms with Crippen LogP contribution in [0.15, 0.2) is 23.2 Å². The van der Waals surface area contributed by atoms with Gasteiger partial charge in [0, 0.05) is 11.4 Å². The van der Waals surface area contributed by atoms with Gasteiger partial charge in [0.05, 0.1) is 5.69 Å². The first-order valence-corrected chi connectivity index (χ1v) is 5.75. The molecule has 0 saturated carbocycles. The minimum atomic E-state index is 0.153. The third kappa shape index (κ3) is 4.23. The van der Waals surface area contributed by atoms with Gasteiger partial charge in [-0.1, -0.05) is 38.4 Å². The first-order chi connectivity index (χ1) is 7.28. The highest BCUT2D eigenvalue weighted by molar-refractivity contribution is 6.30. The van der Waals surface area contributed by atoms with E-state index in [2.05, 4.69) is 25.8 Å². The zero-order chi connectivity index (χ0) is 12.3. The van der Waals surface area contributed by atoms with Crippen molar-refractivity contribution in [2.75, 3.05) is 0 Å². The standard InChI is InChI=1S/C13H19ClN2/c1-9-5-6-10(14)7-11(9)16-12(15)8-13(2,3)4/h5-7H,8H2,1-4H3,(H2,15,16). The zero-order valence-corrected chi connectivity index (χ0v) is 11.1. The van der Waals surface area contributed by atoms with Gasteiger partial charge in [-0.25, -0.2) is 4.99 Å². The second kappa shape index (κ2) is 4.88. The fourth-order valence-electron chi connectivity index (χ4n) is 1.44. The first kappa shape index (κ1) is 13.0. The Hall–Kier alpha value is -1.02. The monoisotopic (exact) mass is 238 g/mol. The van der Waals surface area contributed by atoms with E-state index in [0.717, 1.165) is 17.7 Å². The molecular formula is C13H19ClN2. The van der Waals surface area contributed by atoms with Crippen molar-refractivity contribution in [1.29, 1.82) is 0 Å². The Balaban J connectivity index is 2.94. The SMILES string of the molecule is Cc1ccc(Cl)cc1N=C(N)CC(C)(C)C. The van der Waals surface area contributed by atoms with Crippen LogP contribution in [0.3, 0.4) is 0 Å². The maximum absolute atomic E-state index is 5.92. The van der Waals surface area contributed by atoms with Crippen LogP contribution < -0.4 is 5.73 Å². The molecule has 0 aliphatic rings. The van der Waals surface area contributed by atoms with Crippen LogP contribution in [0.5, 0.6) is 0 Å². The molecule has 0 heterocycles. The molecule has 0 amide bonds. The van der Waals surface area contributed by atoms with Crippen molar-refractivity contribution in [2.24, 2.45) is 16.1 Å². The molecule has 0 fully saturated rings. The minimum Gasteiger partial charge on any atom is -0.387 e. The van der Waals surface area contributed by atoms with Gasteiger partial charge >= 0.3 is 0 Å². The molecule has 88 valence electrons. The van der Waals surface area contributed by atoms with E-state index in [1.165, 1.54) is 0 Å². The fourth-order valence-corrected chi connectivity index (χ4v) is 1.61. The number of halogens is 1. The maximum Gasteiger partial charge on any atom is 0.100 e. The quantitative estimate of drug-likeness (QED) is 0.612. The van der Waals surface area contributed by atoms with Crippen LogP contribution in [0.4, 0.5) is 5.69 Å². The van der Waals surface area contributed by atoms with Crippen LogP contribution >= 0.6 is 11.6 Å². The van der Waals surface area contributed by atoms with Crippen LogP contribution in [0.2, 0.25) is 5.02 Å². The van der Waals surface area contributed by atoms with Gasteiger partial charge in [-0.05, 0) is 30.0 Å². The van der Waals surface area contributed by atoms with E-state index < -0.39 is 0 Å². The van der Waals surface area contributed by atoms with E-state index in [1.807, 2.05) is 25.1 Å². The molecule has 2 N–H and O–H groups in total. The lowest BCUT2D eigenvalue weighted by Crippen LogP contribution is -2.20. The van der Waals surface area contributed by atoms with E-state index in [0.29, 0.717) is 10.9 Å². The van der Waals surface area contributed by atoms with Gasteiger partial charge in [-0.15, -0.1) is 0 Å². The normalized spacial score (nSPS) is 12.9. The van der Waals surface area contributed by atoms with Crippen LogP contribution in [0.25, 0.3) is 0 Å². The van der Waals surface area contributed by atoms with Crippen molar-refractivity contribution < 1.29 is 0 Å². The van der Waals surface area contributed by atoms with Gasteiger partial charge in [0.1, 0.15) is 5.84 Å². The summed E-state index contributed by atoms with van der Waals surface area (Å²) in [7, 11) is 0. The van der Waals surface area contributed by atoms with Crippen molar-refractivity contribution >= 4 is 23.1 Å². The van der Waals surface area contributed by atoms with E-state index >= 15 is 0 Å². The smallest absolute Gasteiger partial charge is 0.100 e. The molecule has 1 aromatic rings. The van der Waals surface area contributed by atoms with Crippen molar-refractivity contribution in [3.63, 3.8) is 0 Å². The lowest BCUT2D eigenvalue weighted by Gasteiger charge is -2.17. The topological polar surface area (TPSA) is 38.4 Å². The Labute approximate surface area is 103 Å². The van der Waals surface area contributed by atoms with E-state index in [-0.39, 0.29) is 5.41 Å². The molecule has 1 rings (SSSR count). The highest BCUT2D eigenvalue weighted by atomic mass is 35.5. The Morgan fingerprint density at radius 1 is 1.38 bits per heavy atom. The molecule has 0 unspecified atom stereocenters. The molecule has 0 bridgehead atoms. The summed E-state index contributed by atoms with van der Waals surface area (Å²) in [6.07, 6.45) is 0.777. The molecule has 0 aromatic heterocycles. The van der Waals surface area contributed by atoms with E-state index in [1.54, 1.807) is 0 Å². The fraction of sp³-hybridized carbons (Fsp3) is 0.462. The van der Waals surface area contributed by atoms with Crippen molar-refractivity contribution in [1.82, 2.24) is 0 Å². The first-order valence-electron chi connectivity index (χ1n) is 5.37. The molecule has 0 aliphatic carbocycles. The molecule has 16 heavy (non-hydrogen) atoms. The van der Waals surface area contributed by atoms with Crippen LogP contribution in [0, 0.1) is 12.3 Å². The van der Waals surface area contributed by atoms with Crippen LogP contribution in [0.1, 0.15) is 32.8 Å². The average Bonchev–Trinajstić information content (AvgIpc) is 2.08. The Morgan fingerprint density at radius 2 is 2.00 bits per heavy atom. The van der Waals surface area contributed by atoms with E-state index in [4.69, 9.17) is 17.3 Å². The second-order valence-corrected chi connectivity index (χ2v) is 5.71. The number of amidine groups is 1. The summed E-state index contributed by atoms with van der Waals surface area (Å²) in [4.78, 5) is 4.41. The molecule has 0 saturated heterocycles. The molecule has 1 aromatic carbocycles. The summed E-state index contributed by atoms with van der Waals surface area (Å²) >= 11 is 5.92. The molecule has 3 heteroatoms. The molecule has 0 atom stereocenters. The van der Waals surface area contributed by atoms with Gasteiger partial charge < -0.3 is 5.73 Å². The summed E-state index contributed by atoms with van der Waals surface area (Å²) in [6.45, 7) is 8.42. The van der Waals surface area contributed by atoms with Crippen molar-refractivity contribution in [2.45, 2.75) is 34.1 Å². The Morgan fingerprint density at radius 3 is 2.56 bits per heavy atom. The van der Waals surface area contributed by atoms with Gasteiger partial charge in [0.25, 0.3) is 0 Å². The van der Waals surface area contributed by atoms with Gasteiger partial charge in [0.2, 0.25) is 0 Å². The highest BCUT2D eigenvalue weighted by Crippen LogP contribution is 2.25. The third-order valence-electron chi connectivity index (χ3n) is 2.15. The highest BCUT2D eigenvalue weighted by Gasteiger charge is 2.12. The maximum atomic E-state index is 5.92. The lowest BCUT2D eigenvalue weighted by atomic mass is 9.92. The summed E-state index contributed by atoms with van der Waals surface area (Å²) in [5, 5.41) is 0.688. The number of nitrogens with zero attached hydrogens (tertiary/aromatic N) is 1. The van der Waals surface area contributed by atoms with Gasteiger partial charge in [-0.3, -0.25) is 0 Å². The van der Waals surface area contributed by atoms with Crippen LogP contribution in [-0.4, -0.2) is 5.84 Å². The number of nitrogens with two attached hydrogens (primary N) is 1.